The van der Waals surface area contributed by atoms with Gasteiger partial charge in [0.25, 0.3) is 0 Å². The number of aromatic nitrogens is 4. The lowest BCUT2D eigenvalue weighted by atomic mass is 10.1. The monoisotopic (exact) mass is 323 g/mol. The van der Waals surface area contributed by atoms with Crippen LogP contribution in [0.4, 0.5) is 11.5 Å². The van der Waals surface area contributed by atoms with Crippen LogP contribution in [0.25, 0.3) is 21.1 Å². The molecule has 0 atom stereocenters. The smallest absolute Gasteiger partial charge is 0.142 e. The molecule has 1 aliphatic rings. The van der Waals surface area contributed by atoms with Gasteiger partial charge in [-0.2, -0.15) is 5.10 Å². The quantitative estimate of drug-likeness (QED) is 0.591. The highest BCUT2D eigenvalue weighted by atomic mass is 32.1. The van der Waals surface area contributed by atoms with Gasteiger partial charge in [-0.15, -0.1) is 11.3 Å². The first-order chi connectivity index (χ1) is 11.4. The Kier molecular flexibility index (Phi) is 2.82. The maximum Gasteiger partial charge on any atom is 0.142 e. The molecule has 1 aliphatic heterocycles. The van der Waals surface area contributed by atoms with Gasteiger partial charge in [-0.25, -0.2) is 9.97 Å². The van der Waals surface area contributed by atoms with E-state index in [2.05, 4.69) is 31.5 Å². The molecule has 5 rings (SSSR count). The zero-order chi connectivity index (χ0) is 15.2. The largest absolute Gasteiger partial charge is 0.376 e. The van der Waals surface area contributed by atoms with E-state index in [1.807, 2.05) is 18.3 Å². The van der Waals surface area contributed by atoms with Gasteiger partial charge in [0.1, 0.15) is 17.0 Å². The van der Waals surface area contributed by atoms with E-state index in [-0.39, 0.29) is 0 Å². The SMILES string of the molecule is c1nc(Nc2ccc3[nH]ncc3c2)c2c3c(sc2n1)COCC3. The molecule has 0 unspecified atom stereocenters. The van der Waals surface area contributed by atoms with E-state index >= 15 is 0 Å². The minimum absolute atomic E-state index is 0.677. The molecule has 1 aromatic carbocycles. The Morgan fingerprint density at radius 2 is 2.26 bits per heavy atom. The van der Waals surface area contributed by atoms with Crippen LogP contribution in [0, 0.1) is 0 Å². The molecule has 3 aromatic heterocycles. The Morgan fingerprint density at radius 1 is 1.26 bits per heavy atom. The van der Waals surface area contributed by atoms with Crippen LogP contribution < -0.4 is 5.32 Å². The Labute approximate surface area is 135 Å². The number of fused-ring (bicyclic) bond motifs is 4. The summed E-state index contributed by atoms with van der Waals surface area (Å²) in [6.45, 7) is 1.44. The molecule has 7 heteroatoms. The summed E-state index contributed by atoms with van der Waals surface area (Å²) in [6.07, 6.45) is 4.35. The summed E-state index contributed by atoms with van der Waals surface area (Å²) >= 11 is 1.70. The molecule has 0 fully saturated rings. The molecule has 0 saturated carbocycles. The van der Waals surface area contributed by atoms with Crippen molar-refractivity contribution in [3.63, 3.8) is 0 Å². The van der Waals surface area contributed by atoms with Crippen LogP contribution in [-0.4, -0.2) is 26.8 Å². The number of aromatic amines is 1. The van der Waals surface area contributed by atoms with Crippen LogP contribution >= 0.6 is 11.3 Å². The van der Waals surface area contributed by atoms with Gasteiger partial charge in [-0.05, 0) is 30.2 Å². The number of benzene rings is 1. The van der Waals surface area contributed by atoms with Gasteiger partial charge in [-0.1, -0.05) is 0 Å². The second kappa shape index (κ2) is 5.00. The van der Waals surface area contributed by atoms with Crippen LogP contribution in [0.1, 0.15) is 10.4 Å². The van der Waals surface area contributed by atoms with Crippen LogP contribution in [0.2, 0.25) is 0 Å². The molecule has 0 radical (unpaired) electrons. The highest BCUT2D eigenvalue weighted by molar-refractivity contribution is 7.18. The van der Waals surface area contributed by atoms with Crippen molar-refractivity contribution in [2.75, 3.05) is 11.9 Å². The standard InChI is InChI=1S/C16H13N5OS/c1-2-12-9(6-19-21-12)5-10(1)20-15-14-11-3-4-22-7-13(11)23-16(14)18-8-17-15/h1-2,5-6,8H,3-4,7H2,(H,19,21)(H,17,18,20). The number of nitrogens with one attached hydrogen (secondary N) is 2. The minimum Gasteiger partial charge on any atom is -0.376 e. The highest BCUT2D eigenvalue weighted by Crippen LogP contribution is 2.37. The Bertz CT molecular complexity index is 1020. The predicted molar refractivity (Wildman–Crippen MR) is 90.2 cm³/mol. The zero-order valence-corrected chi connectivity index (χ0v) is 13.0. The first kappa shape index (κ1) is 13.0. The van der Waals surface area contributed by atoms with E-state index in [0.29, 0.717) is 6.61 Å². The fourth-order valence-electron chi connectivity index (χ4n) is 3.01. The van der Waals surface area contributed by atoms with Crippen LogP contribution in [0.5, 0.6) is 0 Å². The molecule has 0 spiro atoms. The third-order valence-electron chi connectivity index (χ3n) is 4.10. The summed E-state index contributed by atoms with van der Waals surface area (Å²) in [5.74, 6) is 0.859. The lowest BCUT2D eigenvalue weighted by Crippen LogP contribution is -2.07. The third-order valence-corrected chi connectivity index (χ3v) is 5.22. The minimum atomic E-state index is 0.677. The van der Waals surface area contributed by atoms with Crippen LogP contribution in [0.3, 0.4) is 0 Å². The first-order valence-electron chi connectivity index (χ1n) is 7.41. The number of anilines is 2. The molecule has 2 N–H and O–H groups in total. The highest BCUT2D eigenvalue weighted by Gasteiger charge is 2.20. The molecule has 0 amide bonds. The Morgan fingerprint density at radius 3 is 3.26 bits per heavy atom. The molecule has 6 nitrogen and oxygen atoms in total. The van der Waals surface area contributed by atoms with E-state index < -0.39 is 0 Å². The lowest BCUT2D eigenvalue weighted by molar-refractivity contribution is 0.114. The van der Waals surface area contributed by atoms with E-state index in [9.17, 15) is 0 Å². The number of H-pyrrole nitrogens is 1. The molecule has 0 aliphatic carbocycles. The second-order valence-corrected chi connectivity index (χ2v) is 6.59. The lowest BCUT2D eigenvalue weighted by Gasteiger charge is -2.13. The molecule has 4 aromatic rings. The third kappa shape index (κ3) is 2.08. The van der Waals surface area contributed by atoms with Crippen LogP contribution in [0.15, 0.2) is 30.7 Å². The van der Waals surface area contributed by atoms with Crippen molar-refractivity contribution in [1.29, 1.82) is 0 Å². The average molecular weight is 323 g/mol. The number of thiophene rings is 1. The molecular weight excluding hydrogens is 310 g/mol. The van der Waals surface area contributed by atoms with Crippen molar-refractivity contribution in [2.24, 2.45) is 0 Å². The van der Waals surface area contributed by atoms with Crippen LogP contribution in [-0.2, 0) is 17.8 Å². The van der Waals surface area contributed by atoms with Gasteiger partial charge in [0.05, 0.1) is 30.3 Å². The molecule has 114 valence electrons. The average Bonchev–Trinajstić information content (AvgIpc) is 3.18. The summed E-state index contributed by atoms with van der Waals surface area (Å²) in [5, 5.41) is 12.7. The predicted octanol–water partition coefficient (Wildman–Crippen LogP) is 3.38. The summed E-state index contributed by atoms with van der Waals surface area (Å²) in [6, 6.07) is 6.10. The fraction of sp³-hybridized carbons (Fsp3) is 0.188. The summed E-state index contributed by atoms with van der Waals surface area (Å²) < 4.78 is 5.55. The molecule has 0 saturated heterocycles. The van der Waals surface area contributed by atoms with E-state index in [4.69, 9.17) is 4.74 Å². The fourth-order valence-corrected chi connectivity index (χ4v) is 4.13. The first-order valence-corrected chi connectivity index (χ1v) is 8.23. The molecule has 4 heterocycles. The Hall–Kier alpha value is -2.51. The van der Waals surface area contributed by atoms with Crippen molar-refractivity contribution in [3.05, 3.63) is 41.2 Å². The summed E-state index contributed by atoms with van der Waals surface area (Å²) in [5.41, 5.74) is 3.34. The van der Waals surface area contributed by atoms with Gasteiger partial charge in [-0.3, -0.25) is 5.10 Å². The second-order valence-electron chi connectivity index (χ2n) is 5.51. The number of nitrogens with zero attached hydrogens (tertiary/aromatic N) is 3. The van der Waals surface area contributed by atoms with Gasteiger partial charge >= 0.3 is 0 Å². The van der Waals surface area contributed by atoms with Gasteiger partial charge in [0.2, 0.25) is 0 Å². The van der Waals surface area contributed by atoms with Gasteiger partial charge in [0.15, 0.2) is 0 Å². The zero-order valence-electron chi connectivity index (χ0n) is 12.2. The van der Waals surface area contributed by atoms with Crippen molar-refractivity contribution >= 4 is 44.0 Å². The summed E-state index contributed by atoms with van der Waals surface area (Å²) in [4.78, 5) is 11.2. The molecule has 0 bridgehead atoms. The van der Waals surface area contributed by atoms with Crippen molar-refractivity contribution in [3.8, 4) is 0 Å². The number of ether oxygens (including phenoxy) is 1. The maximum absolute atomic E-state index is 5.55. The maximum atomic E-state index is 5.55. The van der Waals surface area contributed by atoms with E-state index in [0.717, 1.165) is 45.7 Å². The van der Waals surface area contributed by atoms with Gasteiger partial charge < -0.3 is 10.1 Å². The normalized spacial score (nSPS) is 14.3. The van der Waals surface area contributed by atoms with Gasteiger partial charge in [0, 0.05) is 16.0 Å². The van der Waals surface area contributed by atoms with Crippen molar-refractivity contribution in [1.82, 2.24) is 20.2 Å². The topological polar surface area (TPSA) is 75.7 Å². The number of hydrogen-bond acceptors (Lipinski definition) is 6. The number of rotatable bonds is 2. The van der Waals surface area contributed by atoms with Crippen molar-refractivity contribution < 1.29 is 4.74 Å². The summed E-state index contributed by atoms with van der Waals surface area (Å²) in [7, 11) is 0. The molecular formula is C16H13N5OS. The van der Waals surface area contributed by atoms with E-state index in [1.54, 1.807) is 17.7 Å². The molecule has 23 heavy (non-hydrogen) atoms. The van der Waals surface area contributed by atoms with Crippen molar-refractivity contribution in [2.45, 2.75) is 13.0 Å². The number of hydrogen-bond donors (Lipinski definition) is 2. The Balaban J connectivity index is 1.63. The van der Waals surface area contributed by atoms with E-state index in [1.165, 1.54) is 10.4 Å².